The molecule has 0 amide bonds. The molecule has 6 nitrogen and oxygen atoms in total. The predicted molar refractivity (Wildman–Crippen MR) is 78.1 cm³/mol. The van der Waals surface area contributed by atoms with Gasteiger partial charge in [-0.1, -0.05) is 11.3 Å². The van der Waals surface area contributed by atoms with Crippen LogP contribution < -0.4 is 0 Å². The highest BCUT2D eigenvalue weighted by molar-refractivity contribution is 5.81. The van der Waals surface area contributed by atoms with Crippen LogP contribution in [0.5, 0.6) is 0 Å². The van der Waals surface area contributed by atoms with Gasteiger partial charge in [-0.2, -0.15) is 4.39 Å². The van der Waals surface area contributed by atoms with Crippen molar-refractivity contribution in [2.75, 3.05) is 7.11 Å². The molecule has 3 saturated carbocycles. The minimum absolute atomic E-state index is 0.104. The summed E-state index contributed by atoms with van der Waals surface area (Å²) in [6.07, 6.45) is 5.22. The summed E-state index contributed by atoms with van der Waals surface area (Å²) in [5.74, 6) is -0.949. The third-order valence-corrected chi connectivity index (χ3v) is 5.14. The molecule has 1 unspecified atom stereocenters. The molecule has 2 aromatic rings. The quantitative estimate of drug-likeness (QED) is 0.637. The van der Waals surface area contributed by atoms with Crippen molar-refractivity contribution in [1.82, 2.24) is 20.0 Å². The molecular formula is C16H17FN4O2. The predicted octanol–water partition coefficient (Wildman–Crippen LogP) is 1.93. The summed E-state index contributed by atoms with van der Waals surface area (Å²) >= 11 is 0. The number of carbonyl (C=O) groups is 1. The van der Waals surface area contributed by atoms with Crippen LogP contribution >= 0.6 is 0 Å². The molecule has 1 atom stereocenters. The summed E-state index contributed by atoms with van der Waals surface area (Å²) in [7, 11) is 1.33. The summed E-state index contributed by atoms with van der Waals surface area (Å²) in [6, 6.07) is 2.79. The molecule has 2 aromatic heterocycles. The zero-order chi connectivity index (χ0) is 16.2. The SMILES string of the molecule is COC(=O)C(c1cn(C23CC(C2)C3)nn1)c1ccc(F)nc1C. The third-order valence-electron chi connectivity index (χ3n) is 5.14. The summed E-state index contributed by atoms with van der Waals surface area (Å²) in [4.78, 5) is 16.1. The van der Waals surface area contributed by atoms with E-state index < -0.39 is 17.8 Å². The van der Waals surface area contributed by atoms with Crippen LogP contribution in [0.3, 0.4) is 0 Å². The maximum absolute atomic E-state index is 13.3. The van der Waals surface area contributed by atoms with Gasteiger partial charge in [0.2, 0.25) is 5.95 Å². The Kier molecular flexibility index (Phi) is 3.01. The van der Waals surface area contributed by atoms with E-state index in [4.69, 9.17) is 4.74 Å². The van der Waals surface area contributed by atoms with Crippen molar-refractivity contribution in [1.29, 1.82) is 0 Å². The van der Waals surface area contributed by atoms with Gasteiger partial charge in [0.15, 0.2) is 0 Å². The van der Waals surface area contributed by atoms with Crippen LogP contribution in [0.2, 0.25) is 0 Å². The molecule has 0 N–H and O–H groups in total. The van der Waals surface area contributed by atoms with Gasteiger partial charge >= 0.3 is 5.97 Å². The average molecular weight is 316 g/mol. The number of hydrogen-bond donors (Lipinski definition) is 0. The van der Waals surface area contributed by atoms with Crippen LogP contribution in [0, 0.1) is 18.8 Å². The van der Waals surface area contributed by atoms with E-state index in [-0.39, 0.29) is 5.54 Å². The number of ether oxygens (including phenoxy) is 1. The Balaban J connectivity index is 1.72. The molecular weight excluding hydrogens is 299 g/mol. The third kappa shape index (κ3) is 2.06. The first kappa shape index (κ1) is 14.3. The molecule has 0 aromatic carbocycles. The van der Waals surface area contributed by atoms with Gasteiger partial charge in [0.05, 0.1) is 18.8 Å². The number of aryl methyl sites for hydroxylation is 1. The topological polar surface area (TPSA) is 69.9 Å². The minimum atomic E-state index is -0.741. The van der Waals surface area contributed by atoms with Crippen LogP contribution in [0.4, 0.5) is 4.39 Å². The van der Waals surface area contributed by atoms with Crippen LogP contribution in [-0.4, -0.2) is 33.1 Å². The number of nitrogens with zero attached hydrogens (tertiary/aromatic N) is 4. The summed E-state index contributed by atoms with van der Waals surface area (Å²) in [5.41, 5.74) is 1.65. The van der Waals surface area contributed by atoms with Crippen molar-refractivity contribution in [3.8, 4) is 0 Å². The van der Waals surface area contributed by atoms with Gasteiger partial charge in [0.1, 0.15) is 11.6 Å². The largest absolute Gasteiger partial charge is 0.468 e. The van der Waals surface area contributed by atoms with Gasteiger partial charge in [-0.25, -0.2) is 9.67 Å². The van der Waals surface area contributed by atoms with Crippen LogP contribution in [0.15, 0.2) is 18.3 Å². The Hall–Kier alpha value is -2.31. The highest BCUT2D eigenvalue weighted by Crippen LogP contribution is 2.61. The Morgan fingerprint density at radius 3 is 2.74 bits per heavy atom. The lowest BCUT2D eigenvalue weighted by atomic mass is 9.50. The maximum atomic E-state index is 13.3. The minimum Gasteiger partial charge on any atom is -0.468 e. The van der Waals surface area contributed by atoms with E-state index in [2.05, 4.69) is 15.3 Å². The first-order valence-corrected chi connectivity index (χ1v) is 7.66. The van der Waals surface area contributed by atoms with Gasteiger partial charge in [-0.05, 0) is 43.7 Å². The molecule has 0 aliphatic heterocycles. The van der Waals surface area contributed by atoms with Crippen molar-refractivity contribution in [3.05, 3.63) is 41.2 Å². The summed E-state index contributed by atoms with van der Waals surface area (Å²) in [6.45, 7) is 1.67. The Bertz CT molecular complexity index is 771. The lowest BCUT2D eigenvalue weighted by Crippen LogP contribution is -2.59. The number of halogens is 1. The Labute approximate surface area is 132 Å². The van der Waals surface area contributed by atoms with E-state index in [0.717, 1.165) is 25.2 Å². The highest BCUT2D eigenvalue weighted by Gasteiger charge is 2.59. The number of aromatic nitrogens is 4. The first-order valence-electron chi connectivity index (χ1n) is 7.66. The number of rotatable bonds is 4. The van der Waals surface area contributed by atoms with Crippen molar-refractivity contribution in [3.63, 3.8) is 0 Å². The van der Waals surface area contributed by atoms with E-state index in [1.807, 2.05) is 10.9 Å². The first-order chi connectivity index (χ1) is 11.0. The van der Waals surface area contributed by atoms with Crippen molar-refractivity contribution < 1.29 is 13.9 Å². The smallest absolute Gasteiger partial charge is 0.319 e. The second-order valence-electron chi connectivity index (χ2n) is 6.56. The number of carbonyl (C=O) groups excluding carboxylic acids is 1. The van der Waals surface area contributed by atoms with Gasteiger partial charge < -0.3 is 4.74 Å². The summed E-state index contributed by atoms with van der Waals surface area (Å²) < 4.78 is 20.0. The van der Waals surface area contributed by atoms with Gasteiger partial charge in [0, 0.05) is 5.69 Å². The zero-order valence-corrected chi connectivity index (χ0v) is 13.0. The van der Waals surface area contributed by atoms with E-state index in [1.165, 1.54) is 13.2 Å². The molecule has 3 aliphatic carbocycles. The normalized spacial score (nSPS) is 26.1. The molecule has 5 rings (SSSR count). The molecule has 2 heterocycles. The Morgan fingerprint density at radius 1 is 1.43 bits per heavy atom. The molecule has 3 aliphatic rings. The second kappa shape index (κ2) is 4.84. The van der Waals surface area contributed by atoms with E-state index >= 15 is 0 Å². The van der Waals surface area contributed by atoms with Crippen LogP contribution in [-0.2, 0) is 15.1 Å². The molecule has 120 valence electrons. The van der Waals surface area contributed by atoms with Crippen LogP contribution in [0.1, 0.15) is 42.1 Å². The lowest BCUT2D eigenvalue weighted by Gasteiger charge is -2.61. The molecule has 23 heavy (non-hydrogen) atoms. The van der Waals surface area contributed by atoms with E-state index in [1.54, 1.807) is 13.0 Å². The molecule has 0 radical (unpaired) electrons. The number of pyridine rings is 1. The Morgan fingerprint density at radius 2 is 2.17 bits per heavy atom. The zero-order valence-electron chi connectivity index (χ0n) is 13.0. The fraction of sp³-hybridized carbons (Fsp3) is 0.500. The maximum Gasteiger partial charge on any atom is 0.319 e. The van der Waals surface area contributed by atoms with Crippen molar-refractivity contribution in [2.45, 2.75) is 37.6 Å². The van der Waals surface area contributed by atoms with Crippen LogP contribution in [0.25, 0.3) is 0 Å². The second-order valence-corrected chi connectivity index (χ2v) is 6.56. The molecule has 0 spiro atoms. The van der Waals surface area contributed by atoms with E-state index in [0.29, 0.717) is 17.0 Å². The highest BCUT2D eigenvalue weighted by atomic mass is 19.1. The molecule has 2 bridgehead atoms. The van der Waals surface area contributed by atoms with Gasteiger partial charge in [0.25, 0.3) is 0 Å². The fourth-order valence-corrected chi connectivity index (χ4v) is 3.73. The van der Waals surface area contributed by atoms with Crippen molar-refractivity contribution >= 4 is 5.97 Å². The van der Waals surface area contributed by atoms with Gasteiger partial charge in [-0.3, -0.25) is 4.79 Å². The molecule has 7 heteroatoms. The number of esters is 1. The average Bonchev–Trinajstić information content (AvgIpc) is 2.87. The monoisotopic (exact) mass is 316 g/mol. The number of methoxy groups -OCH3 is 1. The van der Waals surface area contributed by atoms with E-state index in [9.17, 15) is 9.18 Å². The fourth-order valence-electron chi connectivity index (χ4n) is 3.73. The molecule has 0 saturated heterocycles. The standard InChI is InChI=1S/C16H17FN4O2/c1-9-11(3-4-13(17)18-9)14(15(22)23-2)12-8-21(20-19-12)16-5-10(6-16)7-16/h3-4,8,10,14H,5-7H2,1-2H3. The summed E-state index contributed by atoms with van der Waals surface area (Å²) in [5, 5.41) is 8.41. The molecule has 3 fully saturated rings. The lowest BCUT2D eigenvalue weighted by molar-refractivity contribution is -0.141. The number of hydrogen-bond acceptors (Lipinski definition) is 5. The van der Waals surface area contributed by atoms with Gasteiger partial charge in [-0.15, -0.1) is 5.10 Å². The van der Waals surface area contributed by atoms with Crippen molar-refractivity contribution in [2.24, 2.45) is 5.92 Å².